The topological polar surface area (TPSA) is 29.7 Å². The highest BCUT2D eigenvalue weighted by molar-refractivity contribution is 7.21. The molecule has 0 saturated heterocycles. The zero-order chi connectivity index (χ0) is 15.1. The standard InChI is InChI=1S/C17H14N3S2/c1-11-9-13(10-12(2)20(11)17-18-7-8-21-17)16-19-14-5-3-4-6-15(14)22-16/h3-10H,1-2H3/q+1. The average Bonchev–Trinajstić information content (AvgIpc) is 3.15. The summed E-state index contributed by atoms with van der Waals surface area (Å²) in [4.78, 5) is 9.17. The molecule has 0 aliphatic carbocycles. The van der Waals surface area contributed by atoms with Crippen LogP contribution in [-0.4, -0.2) is 9.97 Å². The SMILES string of the molecule is Cc1cc(-c2nc3ccccc3s2)cc(C)[n+]1-c1nccs1. The second kappa shape index (κ2) is 5.26. The molecule has 0 radical (unpaired) electrons. The summed E-state index contributed by atoms with van der Waals surface area (Å²) in [5, 5.41) is 4.08. The van der Waals surface area contributed by atoms with Crippen LogP contribution >= 0.6 is 22.7 Å². The van der Waals surface area contributed by atoms with Crippen LogP contribution < -0.4 is 4.57 Å². The number of fused-ring (bicyclic) bond motifs is 1. The normalized spacial score (nSPS) is 11.2. The molecule has 0 saturated carbocycles. The Kier molecular flexibility index (Phi) is 3.24. The Hall–Kier alpha value is -2.11. The van der Waals surface area contributed by atoms with Crippen molar-refractivity contribution < 1.29 is 4.57 Å². The minimum Gasteiger partial charge on any atom is -0.236 e. The predicted molar refractivity (Wildman–Crippen MR) is 91.7 cm³/mol. The fourth-order valence-electron chi connectivity index (χ4n) is 2.65. The molecule has 5 heteroatoms. The van der Waals surface area contributed by atoms with E-state index < -0.39 is 0 Å². The van der Waals surface area contributed by atoms with E-state index in [1.54, 1.807) is 22.7 Å². The molecule has 4 aromatic rings. The van der Waals surface area contributed by atoms with Gasteiger partial charge in [0, 0.05) is 10.9 Å². The number of aryl methyl sites for hydroxylation is 2. The summed E-state index contributed by atoms with van der Waals surface area (Å²) < 4.78 is 3.41. The summed E-state index contributed by atoms with van der Waals surface area (Å²) in [5.74, 6) is 0. The van der Waals surface area contributed by atoms with Gasteiger partial charge in [0.15, 0.2) is 6.20 Å². The maximum absolute atomic E-state index is 4.75. The number of benzene rings is 1. The lowest BCUT2D eigenvalue weighted by Crippen LogP contribution is -2.37. The van der Waals surface area contributed by atoms with Gasteiger partial charge in [0.1, 0.15) is 16.4 Å². The Morgan fingerprint density at radius 3 is 2.50 bits per heavy atom. The number of hydrogen-bond donors (Lipinski definition) is 0. The summed E-state index contributed by atoms with van der Waals surface area (Å²) >= 11 is 3.39. The van der Waals surface area contributed by atoms with Gasteiger partial charge in [0.05, 0.1) is 10.2 Å². The molecular formula is C17H14N3S2+. The highest BCUT2D eigenvalue weighted by atomic mass is 32.1. The molecule has 4 rings (SSSR count). The Bertz CT molecular complexity index is 899. The van der Waals surface area contributed by atoms with E-state index in [4.69, 9.17) is 4.98 Å². The average molecular weight is 324 g/mol. The van der Waals surface area contributed by atoms with Gasteiger partial charge in [-0.1, -0.05) is 23.5 Å². The van der Waals surface area contributed by atoms with Crippen molar-refractivity contribution in [3.63, 3.8) is 0 Å². The third-order valence-corrected chi connectivity index (χ3v) is 5.43. The maximum atomic E-state index is 4.75. The predicted octanol–water partition coefficient (Wildman–Crippen LogP) is 4.31. The summed E-state index contributed by atoms with van der Waals surface area (Å²) in [6.07, 6.45) is 1.84. The zero-order valence-electron chi connectivity index (χ0n) is 12.3. The van der Waals surface area contributed by atoms with Gasteiger partial charge < -0.3 is 0 Å². The van der Waals surface area contributed by atoms with Gasteiger partial charge in [-0.15, -0.1) is 11.3 Å². The van der Waals surface area contributed by atoms with E-state index in [2.05, 4.69) is 53.7 Å². The highest BCUT2D eigenvalue weighted by Gasteiger charge is 2.17. The molecule has 108 valence electrons. The summed E-state index contributed by atoms with van der Waals surface area (Å²) in [5.41, 5.74) is 4.58. The Morgan fingerprint density at radius 2 is 1.82 bits per heavy atom. The van der Waals surface area contributed by atoms with Gasteiger partial charge in [-0.3, -0.25) is 0 Å². The van der Waals surface area contributed by atoms with Crippen molar-refractivity contribution in [3.05, 3.63) is 59.4 Å². The molecule has 1 aromatic carbocycles. The molecule has 3 heterocycles. The molecule has 3 nitrogen and oxygen atoms in total. The Balaban J connectivity index is 1.86. The van der Waals surface area contributed by atoms with Gasteiger partial charge in [-0.25, -0.2) is 4.98 Å². The highest BCUT2D eigenvalue weighted by Crippen LogP contribution is 2.30. The first kappa shape index (κ1) is 13.5. The maximum Gasteiger partial charge on any atom is 0.387 e. The van der Waals surface area contributed by atoms with Crippen molar-refractivity contribution in [2.75, 3.05) is 0 Å². The number of thiazole rings is 2. The van der Waals surface area contributed by atoms with E-state index in [0.717, 1.165) is 15.7 Å². The molecule has 0 N–H and O–H groups in total. The van der Waals surface area contributed by atoms with Gasteiger partial charge in [-0.05, 0) is 43.1 Å². The first-order valence-electron chi connectivity index (χ1n) is 7.01. The molecule has 0 atom stereocenters. The van der Waals surface area contributed by atoms with Gasteiger partial charge >= 0.3 is 5.13 Å². The Morgan fingerprint density at radius 1 is 1.05 bits per heavy atom. The van der Waals surface area contributed by atoms with E-state index in [1.165, 1.54) is 21.7 Å². The molecule has 0 fully saturated rings. The van der Waals surface area contributed by atoms with Crippen molar-refractivity contribution in [3.8, 4) is 15.7 Å². The van der Waals surface area contributed by atoms with Crippen molar-refractivity contribution in [2.24, 2.45) is 0 Å². The number of rotatable bonds is 2. The second-order valence-corrected chi connectivity index (χ2v) is 7.07. The third-order valence-electron chi connectivity index (χ3n) is 3.59. The van der Waals surface area contributed by atoms with Gasteiger partial charge in [-0.2, -0.15) is 4.57 Å². The number of aromatic nitrogens is 3. The fourth-order valence-corrected chi connectivity index (χ4v) is 4.36. The smallest absolute Gasteiger partial charge is 0.236 e. The lowest BCUT2D eigenvalue weighted by Gasteiger charge is -2.05. The lowest BCUT2D eigenvalue weighted by molar-refractivity contribution is -0.609. The van der Waals surface area contributed by atoms with Crippen LogP contribution in [0.15, 0.2) is 48.0 Å². The van der Waals surface area contributed by atoms with Crippen molar-refractivity contribution in [1.29, 1.82) is 0 Å². The number of para-hydroxylation sites is 1. The van der Waals surface area contributed by atoms with Crippen molar-refractivity contribution >= 4 is 32.9 Å². The Labute approximate surface area is 136 Å². The van der Waals surface area contributed by atoms with Crippen LogP contribution in [0.4, 0.5) is 0 Å². The van der Waals surface area contributed by atoms with E-state index >= 15 is 0 Å². The van der Waals surface area contributed by atoms with Crippen LogP contribution in [0, 0.1) is 13.8 Å². The first-order chi connectivity index (χ1) is 10.7. The van der Waals surface area contributed by atoms with E-state index in [-0.39, 0.29) is 0 Å². The second-order valence-electron chi connectivity index (χ2n) is 5.16. The van der Waals surface area contributed by atoms with Crippen molar-refractivity contribution in [1.82, 2.24) is 9.97 Å². The summed E-state index contributed by atoms with van der Waals surface area (Å²) in [6, 6.07) is 12.6. The monoisotopic (exact) mass is 324 g/mol. The molecule has 22 heavy (non-hydrogen) atoms. The number of nitrogens with zero attached hydrogens (tertiary/aromatic N) is 3. The van der Waals surface area contributed by atoms with E-state index in [1.807, 2.05) is 17.6 Å². The van der Waals surface area contributed by atoms with Crippen LogP contribution in [0.3, 0.4) is 0 Å². The molecule has 3 aromatic heterocycles. The quantitative estimate of drug-likeness (QED) is 0.514. The first-order valence-corrected chi connectivity index (χ1v) is 8.71. The van der Waals surface area contributed by atoms with Crippen LogP contribution in [0.2, 0.25) is 0 Å². The van der Waals surface area contributed by atoms with E-state index in [0.29, 0.717) is 0 Å². The number of pyridine rings is 1. The van der Waals surface area contributed by atoms with Gasteiger partial charge in [0.25, 0.3) is 0 Å². The molecule has 0 aliphatic heterocycles. The third kappa shape index (κ3) is 2.23. The molecule has 0 bridgehead atoms. The van der Waals surface area contributed by atoms with Crippen LogP contribution in [0.25, 0.3) is 25.9 Å². The van der Waals surface area contributed by atoms with Gasteiger partial charge in [0.2, 0.25) is 0 Å². The molecule has 0 unspecified atom stereocenters. The largest absolute Gasteiger partial charge is 0.387 e. The van der Waals surface area contributed by atoms with Crippen molar-refractivity contribution in [2.45, 2.75) is 13.8 Å². The summed E-state index contributed by atoms with van der Waals surface area (Å²) in [6.45, 7) is 4.23. The van der Waals surface area contributed by atoms with E-state index in [9.17, 15) is 0 Å². The van der Waals surface area contributed by atoms with Crippen LogP contribution in [0.1, 0.15) is 11.4 Å². The molecule has 0 amide bonds. The molecular weight excluding hydrogens is 310 g/mol. The molecule has 0 spiro atoms. The zero-order valence-corrected chi connectivity index (χ0v) is 13.9. The van der Waals surface area contributed by atoms with Crippen LogP contribution in [-0.2, 0) is 0 Å². The lowest BCUT2D eigenvalue weighted by atomic mass is 10.2. The minimum absolute atomic E-state index is 1.01. The number of hydrogen-bond acceptors (Lipinski definition) is 4. The molecule has 0 aliphatic rings. The van der Waals surface area contributed by atoms with Crippen LogP contribution in [0.5, 0.6) is 0 Å². The summed E-state index contributed by atoms with van der Waals surface area (Å²) in [7, 11) is 0. The minimum atomic E-state index is 1.01. The fraction of sp³-hybridized carbons (Fsp3) is 0.118.